The molecule has 0 saturated carbocycles. The van der Waals surface area contributed by atoms with Gasteiger partial charge in [-0.25, -0.2) is 0 Å². The van der Waals surface area contributed by atoms with Crippen LogP contribution in [0.2, 0.25) is 0 Å². The number of nitrogens with one attached hydrogen (secondary N) is 1. The summed E-state index contributed by atoms with van der Waals surface area (Å²) in [5.41, 5.74) is 3.23. The van der Waals surface area contributed by atoms with Gasteiger partial charge in [-0.15, -0.1) is 0 Å². The van der Waals surface area contributed by atoms with Crippen LogP contribution in [0.25, 0.3) is 0 Å². The van der Waals surface area contributed by atoms with Crippen molar-refractivity contribution < 1.29 is 9.53 Å². The number of pyridine rings is 1. The summed E-state index contributed by atoms with van der Waals surface area (Å²) in [6.45, 7) is 0.436. The standard InChI is InChI=1S/C16H18N2O2/c1-20-11-8-16(19)18-15-4-2-13(3-5-15)12-14-6-9-17-10-7-14/h2-7,9-10H,8,11-12H2,1H3,(H,18,19). The van der Waals surface area contributed by atoms with Crippen molar-refractivity contribution in [1.82, 2.24) is 4.98 Å². The SMILES string of the molecule is COCCC(=O)Nc1ccc(Cc2ccncc2)cc1. The number of hydrogen-bond acceptors (Lipinski definition) is 3. The molecule has 4 nitrogen and oxygen atoms in total. The van der Waals surface area contributed by atoms with E-state index < -0.39 is 0 Å². The van der Waals surface area contributed by atoms with E-state index >= 15 is 0 Å². The molecular weight excluding hydrogens is 252 g/mol. The van der Waals surface area contributed by atoms with Gasteiger partial charge in [0.15, 0.2) is 0 Å². The average molecular weight is 270 g/mol. The van der Waals surface area contributed by atoms with Gasteiger partial charge in [0.05, 0.1) is 13.0 Å². The molecule has 1 N–H and O–H groups in total. The zero-order chi connectivity index (χ0) is 14.2. The molecule has 2 rings (SSSR count). The van der Waals surface area contributed by atoms with Crippen LogP contribution < -0.4 is 5.32 Å². The van der Waals surface area contributed by atoms with Gasteiger partial charge in [0, 0.05) is 25.2 Å². The number of hydrogen-bond donors (Lipinski definition) is 1. The van der Waals surface area contributed by atoms with Crippen molar-refractivity contribution in [3.63, 3.8) is 0 Å². The lowest BCUT2D eigenvalue weighted by Gasteiger charge is -2.06. The van der Waals surface area contributed by atoms with Crippen LogP contribution in [-0.4, -0.2) is 24.6 Å². The van der Waals surface area contributed by atoms with Crippen LogP contribution in [0.3, 0.4) is 0 Å². The number of nitrogens with zero attached hydrogens (tertiary/aromatic N) is 1. The van der Waals surface area contributed by atoms with Crippen molar-refractivity contribution in [3.05, 3.63) is 59.9 Å². The maximum atomic E-state index is 11.5. The fraction of sp³-hybridized carbons (Fsp3) is 0.250. The van der Waals surface area contributed by atoms with Crippen LogP contribution in [-0.2, 0) is 16.0 Å². The molecule has 0 bridgehead atoms. The van der Waals surface area contributed by atoms with Crippen molar-refractivity contribution in [2.75, 3.05) is 19.0 Å². The van der Waals surface area contributed by atoms with Crippen molar-refractivity contribution >= 4 is 11.6 Å². The van der Waals surface area contributed by atoms with E-state index in [9.17, 15) is 4.79 Å². The van der Waals surface area contributed by atoms with E-state index in [1.165, 1.54) is 11.1 Å². The van der Waals surface area contributed by atoms with Gasteiger partial charge in [0.25, 0.3) is 0 Å². The predicted molar refractivity (Wildman–Crippen MR) is 78.6 cm³/mol. The number of carbonyl (C=O) groups is 1. The second-order valence-electron chi connectivity index (χ2n) is 4.52. The van der Waals surface area contributed by atoms with Crippen LogP contribution in [0, 0.1) is 0 Å². The molecule has 1 aromatic heterocycles. The molecule has 0 fully saturated rings. The number of methoxy groups -OCH3 is 1. The normalized spacial score (nSPS) is 10.2. The van der Waals surface area contributed by atoms with Crippen molar-refractivity contribution in [1.29, 1.82) is 0 Å². The summed E-state index contributed by atoms with van der Waals surface area (Å²) in [7, 11) is 1.58. The van der Waals surface area contributed by atoms with E-state index in [2.05, 4.69) is 10.3 Å². The predicted octanol–water partition coefficient (Wildman–Crippen LogP) is 2.65. The zero-order valence-corrected chi connectivity index (χ0v) is 11.5. The van der Waals surface area contributed by atoms with E-state index in [1.807, 2.05) is 36.4 Å². The van der Waals surface area contributed by atoms with E-state index in [0.717, 1.165) is 12.1 Å². The van der Waals surface area contributed by atoms with Crippen molar-refractivity contribution in [2.24, 2.45) is 0 Å². The quantitative estimate of drug-likeness (QED) is 0.878. The number of benzene rings is 1. The first kappa shape index (κ1) is 14.2. The molecule has 0 atom stereocenters. The summed E-state index contributed by atoms with van der Waals surface area (Å²) in [4.78, 5) is 15.5. The third-order valence-corrected chi connectivity index (χ3v) is 2.93. The maximum absolute atomic E-state index is 11.5. The van der Waals surface area contributed by atoms with Gasteiger partial charge in [-0.3, -0.25) is 9.78 Å². The molecule has 1 amide bonds. The molecule has 0 radical (unpaired) electrons. The lowest BCUT2D eigenvalue weighted by Crippen LogP contribution is -2.13. The molecule has 0 aliphatic rings. The lowest BCUT2D eigenvalue weighted by molar-refractivity contribution is -0.117. The van der Waals surface area contributed by atoms with Crippen LogP contribution in [0.15, 0.2) is 48.8 Å². The Bertz CT molecular complexity index is 538. The zero-order valence-electron chi connectivity index (χ0n) is 11.5. The number of aromatic nitrogens is 1. The van der Waals surface area contributed by atoms with Crippen molar-refractivity contribution in [3.8, 4) is 0 Å². The highest BCUT2D eigenvalue weighted by Gasteiger charge is 2.02. The molecule has 1 aromatic carbocycles. The van der Waals surface area contributed by atoms with Gasteiger partial charge in [-0.1, -0.05) is 12.1 Å². The second kappa shape index (κ2) is 7.40. The summed E-state index contributed by atoms with van der Waals surface area (Å²) in [6, 6.07) is 11.9. The highest BCUT2D eigenvalue weighted by Crippen LogP contribution is 2.13. The smallest absolute Gasteiger partial charge is 0.226 e. The second-order valence-corrected chi connectivity index (χ2v) is 4.52. The summed E-state index contributed by atoms with van der Waals surface area (Å²) >= 11 is 0. The number of rotatable bonds is 6. The highest BCUT2D eigenvalue weighted by molar-refractivity contribution is 5.90. The van der Waals surface area contributed by atoms with Gasteiger partial charge in [0.1, 0.15) is 0 Å². The Morgan fingerprint density at radius 3 is 2.40 bits per heavy atom. The number of carbonyl (C=O) groups excluding carboxylic acids is 1. The first-order valence-corrected chi connectivity index (χ1v) is 6.54. The lowest BCUT2D eigenvalue weighted by atomic mass is 10.1. The van der Waals surface area contributed by atoms with Gasteiger partial charge in [-0.2, -0.15) is 0 Å². The Balaban J connectivity index is 1.91. The first-order chi connectivity index (χ1) is 9.78. The monoisotopic (exact) mass is 270 g/mol. The molecule has 0 spiro atoms. The van der Waals surface area contributed by atoms with Crippen LogP contribution >= 0.6 is 0 Å². The fourth-order valence-corrected chi connectivity index (χ4v) is 1.86. The third kappa shape index (κ3) is 4.48. The molecular formula is C16H18N2O2. The number of amides is 1. The summed E-state index contributed by atoms with van der Waals surface area (Å²) in [5, 5.41) is 2.84. The topological polar surface area (TPSA) is 51.2 Å². The largest absolute Gasteiger partial charge is 0.384 e. The Kier molecular flexibility index (Phi) is 5.26. The third-order valence-electron chi connectivity index (χ3n) is 2.93. The molecule has 4 heteroatoms. The average Bonchev–Trinajstić information content (AvgIpc) is 2.48. The first-order valence-electron chi connectivity index (χ1n) is 6.54. The molecule has 20 heavy (non-hydrogen) atoms. The van der Waals surface area contributed by atoms with E-state index in [0.29, 0.717) is 13.0 Å². The van der Waals surface area contributed by atoms with Crippen LogP contribution in [0.4, 0.5) is 5.69 Å². The molecule has 0 unspecified atom stereocenters. The van der Waals surface area contributed by atoms with E-state index in [-0.39, 0.29) is 5.91 Å². The summed E-state index contributed by atoms with van der Waals surface area (Å²) < 4.78 is 4.87. The molecule has 1 heterocycles. The maximum Gasteiger partial charge on any atom is 0.226 e. The Labute approximate surface area is 118 Å². The minimum Gasteiger partial charge on any atom is -0.384 e. The Morgan fingerprint density at radius 2 is 1.75 bits per heavy atom. The Hall–Kier alpha value is -2.20. The molecule has 0 aliphatic carbocycles. The molecule has 104 valence electrons. The summed E-state index contributed by atoms with van der Waals surface area (Å²) in [5.74, 6) is -0.0336. The minimum atomic E-state index is -0.0336. The highest BCUT2D eigenvalue weighted by atomic mass is 16.5. The van der Waals surface area contributed by atoms with E-state index in [4.69, 9.17) is 4.74 Å². The molecule has 0 aliphatic heterocycles. The Morgan fingerprint density at radius 1 is 1.10 bits per heavy atom. The van der Waals surface area contributed by atoms with Crippen LogP contribution in [0.1, 0.15) is 17.5 Å². The summed E-state index contributed by atoms with van der Waals surface area (Å²) in [6.07, 6.45) is 4.81. The number of ether oxygens (including phenoxy) is 1. The van der Waals surface area contributed by atoms with Crippen molar-refractivity contribution in [2.45, 2.75) is 12.8 Å². The van der Waals surface area contributed by atoms with Gasteiger partial charge in [-0.05, 0) is 41.8 Å². The van der Waals surface area contributed by atoms with Gasteiger partial charge in [0.2, 0.25) is 5.91 Å². The van der Waals surface area contributed by atoms with Crippen LogP contribution in [0.5, 0.6) is 0 Å². The van der Waals surface area contributed by atoms with Gasteiger partial charge < -0.3 is 10.1 Å². The van der Waals surface area contributed by atoms with Gasteiger partial charge >= 0.3 is 0 Å². The molecule has 2 aromatic rings. The fourth-order valence-electron chi connectivity index (χ4n) is 1.86. The number of anilines is 1. The molecule has 0 saturated heterocycles. The van der Waals surface area contributed by atoms with E-state index in [1.54, 1.807) is 19.5 Å². The minimum absolute atomic E-state index is 0.0336.